The number of carbonyl (C=O) groups is 1. The van der Waals surface area contributed by atoms with Crippen LogP contribution in [0.25, 0.3) is 0 Å². The fraction of sp³-hybridized carbons (Fsp3) is 0.429. The van der Waals surface area contributed by atoms with E-state index >= 15 is 0 Å². The van der Waals surface area contributed by atoms with Gasteiger partial charge in [0.25, 0.3) is 0 Å². The number of halogens is 1. The van der Waals surface area contributed by atoms with Crippen molar-refractivity contribution in [3.63, 3.8) is 0 Å². The third kappa shape index (κ3) is 4.54. The molecule has 1 N–H and O–H groups in total. The minimum atomic E-state index is -0.448. The number of anilines is 1. The van der Waals surface area contributed by atoms with Crippen LogP contribution in [0.5, 0.6) is 0 Å². The smallest absolute Gasteiger partial charge is 0.224 e. The Kier molecular flexibility index (Phi) is 5.86. The van der Waals surface area contributed by atoms with Gasteiger partial charge in [0.15, 0.2) is 0 Å². The number of hydrogen-bond donors (Lipinski definition) is 1. The van der Waals surface area contributed by atoms with Crippen LogP contribution in [-0.4, -0.2) is 5.91 Å². The summed E-state index contributed by atoms with van der Waals surface area (Å²) in [5, 5.41) is 11.4. The number of hydrogen-bond acceptors (Lipinski definition) is 2. The Morgan fingerprint density at radius 3 is 2.78 bits per heavy atom. The zero-order valence-corrected chi connectivity index (χ0v) is 10.4. The lowest BCUT2D eigenvalue weighted by Gasteiger charge is -2.08. The molecule has 4 heteroatoms. The first-order valence-electron chi connectivity index (χ1n) is 6.11. The van der Waals surface area contributed by atoms with E-state index in [-0.39, 0.29) is 23.9 Å². The van der Waals surface area contributed by atoms with Crippen molar-refractivity contribution in [1.82, 2.24) is 0 Å². The minimum Gasteiger partial charge on any atom is -0.324 e. The van der Waals surface area contributed by atoms with Crippen LogP contribution >= 0.6 is 0 Å². The summed E-state index contributed by atoms with van der Waals surface area (Å²) in [5.74, 6) is -0.797. The van der Waals surface area contributed by atoms with E-state index < -0.39 is 5.82 Å². The van der Waals surface area contributed by atoms with Crippen LogP contribution in [0.3, 0.4) is 0 Å². The van der Waals surface area contributed by atoms with Crippen molar-refractivity contribution >= 4 is 11.6 Å². The van der Waals surface area contributed by atoms with E-state index in [1.807, 2.05) is 6.92 Å². The van der Waals surface area contributed by atoms with Gasteiger partial charge in [-0.15, -0.1) is 0 Å². The summed E-state index contributed by atoms with van der Waals surface area (Å²) in [5.41, 5.74) is 0.187. The molecule has 96 valence electrons. The Bertz CT molecular complexity index is 440. The molecule has 0 aliphatic heterocycles. The molecule has 1 rings (SSSR count). The van der Waals surface area contributed by atoms with E-state index in [0.29, 0.717) is 6.42 Å². The average Bonchev–Trinajstić information content (AvgIpc) is 2.37. The van der Waals surface area contributed by atoms with Crippen molar-refractivity contribution in [3.8, 4) is 6.07 Å². The Labute approximate surface area is 107 Å². The van der Waals surface area contributed by atoms with Crippen LogP contribution in [-0.2, 0) is 4.79 Å². The maximum absolute atomic E-state index is 13.3. The zero-order chi connectivity index (χ0) is 13.4. The van der Waals surface area contributed by atoms with E-state index in [9.17, 15) is 9.18 Å². The molecule has 0 fully saturated rings. The second-order valence-corrected chi connectivity index (χ2v) is 4.18. The summed E-state index contributed by atoms with van der Waals surface area (Å²) in [6.45, 7) is 2.00. The molecule has 0 aliphatic rings. The summed E-state index contributed by atoms with van der Waals surface area (Å²) in [4.78, 5) is 11.6. The van der Waals surface area contributed by atoms with Crippen LogP contribution in [0.2, 0.25) is 0 Å². The molecule has 0 aliphatic carbocycles. The monoisotopic (exact) mass is 248 g/mol. The zero-order valence-electron chi connectivity index (χ0n) is 10.4. The molecule has 0 radical (unpaired) electrons. The molecule has 1 amide bonds. The molecule has 3 nitrogen and oxygen atoms in total. The van der Waals surface area contributed by atoms with Gasteiger partial charge in [-0.1, -0.05) is 25.5 Å². The Morgan fingerprint density at radius 1 is 1.44 bits per heavy atom. The molecule has 0 saturated heterocycles. The first kappa shape index (κ1) is 14.2. The Morgan fingerprint density at radius 2 is 2.17 bits per heavy atom. The Balaban J connectivity index is 2.43. The number of nitrogens with zero attached hydrogens (tertiary/aromatic N) is 1. The molecule has 1 aromatic carbocycles. The summed E-state index contributed by atoms with van der Waals surface area (Å²) < 4.78 is 13.3. The number of nitrogens with one attached hydrogen (secondary N) is 1. The van der Waals surface area contributed by atoms with Crippen molar-refractivity contribution in [3.05, 3.63) is 30.1 Å². The third-order valence-electron chi connectivity index (χ3n) is 2.69. The van der Waals surface area contributed by atoms with Crippen LogP contribution in [0.15, 0.2) is 24.3 Å². The van der Waals surface area contributed by atoms with E-state index in [1.165, 1.54) is 12.1 Å². The summed E-state index contributed by atoms with van der Waals surface area (Å²) in [7, 11) is 0. The maximum Gasteiger partial charge on any atom is 0.224 e. The lowest BCUT2D eigenvalue weighted by Crippen LogP contribution is -2.14. The fourth-order valence-electron chi connectivity index (χ4n) is 1.70. The van der Waals surface area contributed by atoms with Crippen LogP contribution in [0.4, 0.5) is 10.1 Å². The lowest BCUT2D eigenvalue weighted by atomic mass is 9.99. The van der Waals surface area contributed by atoms with Gasteiger partial charge in [0.05, 0.1) is 11.8 Å². The topological polar surface area (TPSA) is 52.9 Å². The highest BCUT2D eigenvalue weighted by Crippen LogP contribution is 2.15. The third-order valence-corrected chi connectivity index (χ3v) is 2.69. The highest BCUT2D eigenvalue weighted by Gasteiger charge is 2.11. The SMILES string of the molecule is CCCC(C#N)CCC(=O)Nc1ccccc1F. The molecule has 1 unspecified atom stereocenters. The van der Waals surface area contributed by atoms with Gasteiger partial charge in [0.1, 0.15) is 5.82 Å². The number of nitriles is 1. The van der Waals surface area contributed by atoms with E-state index in [1.54, 1.807) is 12.1 Å². The number of amides is 1. The van der Waals surface area contributed by atoms with E-state index in [0.717, 1.165) is 12.8 Å². The number of rotatable bonds is 6. The lowest BCUT2D eigenvalue weighted by molar-refractivity contribution is -0.116. The molecule has 18 heavy (non-hydrogen) atoms. The molecule has 0 heterocycles. The average molecular weight is 248 g/mol. The van der Waals surface area contributed by atoms with Gasteiger partial charge >= 0.3 is 0 Å². The first-order valence-corrected chi connectivity index (χ1v) is 6.11. The van der Waals surface area contributed by atoms with Crippen molar-refractivity contribution < 1.29 is 9.18 Å². The summed E-state index contributed by atoms with van der Waals surface area (Å²) in [6, 6.07) is 8.22. The highest BCUT2D eigenvalue weighted by molar-refractivity contribution is 5.90. The van der Waals surface area contributed by atoms with Gasteiger partial charge in [0.2, 0.25) is 5.91 Å². The molecule has 0 saturated carbocycles. The number of benzene rings is 1. The van der Waals surface area contributed by atoms with Gasteiger partial charge < -0.3 is 5.32 Å². The predicted molar refractivity (Wildman–Crippen MR) is 68.3 cm³/mol. The summed E-state index contributed by atoms with van der Waals surface area (Å²) >= 11 is 0. The second kappa shape index (κ2) is 7.44. The van der Waals surface area contributed by atoms with Gasteiger partial charge in [0, 0.05) is 12.3 Å². The van der Waals surface area contributed by atoms with Crippen molar-refractivity contribution in [1.29, 1.82) is 5.26 Å². The predicted octanol–water partition coefficient (Wildman–Crippen LogP) is 3.48. The van der Waals surface area contributed by atoms with Crippen LogP contribution in [0.1, 0.15) is 32.6 Å². The van der Waals surface area contributed by atoms with E-state index in [2.05, 4.69) is 11.4 Å². The van der Waals surface area contributed by atoms with Gasteiger partial charge in [-0.25, -0.2) is 4.39 Å². The van der Waals surface area contributed by atoms with E-state index in [4.69, 9.17) is 5.26 Å². The van der Waals surface area contributed by atoms with Crippen molar-refractivity contribution in [2.45, 2.75) is 32.6 Å². The number of carbonyl (C=O) groups excluding carboxylic acids is 1. The maximum atomic E-state index is 13.3. The standard InChI is InChI=1S/C14H17FN2O/c1-2-5-11(10-16)8-9-14(18)17-13-7-4-3-6-12(13)15/h3-4,6-7,11H,2,5,8-9H2,1H3,(H,17,18). The van der Waals surface area contributed by atoms with Gasteiger partial charge in [-0.05, 0) is 25.0 Å². The van der Waals surface area contributed by atoms with Crippen molar-refractivity contribution in [2.24, 2.45) is 5.92 Å². The largest absolute Gasteiger partial charge is 0.324 e. The van der Waals surface area contributed by atoms with Crippen molar-refractivity contribution in [2.75, 3.05) is 5.32 Å². The van der Waals surface area contributed by atoms with Crippen LogP contribution in [0, 0.1) is 23.1 Å². The quantitative estimate of drug-likeness (QED) is 0.837. The summed E-state index contributed by atoms with van der Waals surface area (Å²) in [6.07, 6.45) is 2.48. The molecule has 0 spiro atoms. The molecule has 1 atom stereocenters. The molecular formula is C14H17FN2O. The molecule has 1 aromatic rings. The highest BCUT2D eigenvalue weighted by atomic mass is 19.1. The van der Waals surface area contributed by atoms with Crippen LogP contribution < -0.4 is 5.32 Å². The molecular weight excluding hydrogens is 231 g/mol. The Hall–Kier alpha value is -1.89. The van der Waals surface area contributed by atoms with Gasteiger partial charge in [-0.2, -0.15) is 5.26 Å². The molecule has 0 aromatic heterocycles. The molecule has 0 bridgehead atoms. The first-order chi connectivity index (χ1) is 8.67. The minimum absolute atomic E-state index is 0.0960. The van der Waals surface area contributed by atoms with Gasteiger partial charge in [-0.3, -0.25) is 4.79 Å². The number of para-hydroxylation sites is 1. The second-order valence-electron chi connectivity index (χ2n) is 4.18. The fourth-order valence-corrected chi connectivity index (χ4v) is 1.70. The normalized spacial score (nSPS) is 11.6.